The number of carbonyl (C=O) groups excluding carboxylic acids is 1. The van der Waals surface area contributed by atoms with Crippen molar-refractivity contribution >= 4 is 11.6 Å². The molecule has 24 heavy (non-hydrogen) atoms. The van der Waals surface area contributed by atoms with Gasteiger partial charge in [-0.15, -0.1) is 0 Å². The second-order valence-electron chi connectivity index (χ2n) is 5.34. The molecular formula is C18H21FN2O3. The molecule has 128 valence electrons. The van der Waals surface area contributed by atoms with E-state index < -0.39 is 12.1 Å². The van der Waals surface area contributed by atoms with Gasteiger partial charge in [0, 0.05) is 12.2 Å². The Bertz CT molecular complexity index is 704. The van der Waals surface area contributed by atoms with E-state index in [0.29, 0.717) is 23.6 Å². The molecule has 3 N–H and O–H groups in total. The number of methoxy groups -OCH3 is 1. The Morgan fingerprint density at radius 1 is 1.25 bits per heavy atom. The van der Waals surface area contributed by atoms with Crippen LogP contribution in [0.1, 0.15) is 24.2 Å². The van der Waals surface area contributed by atoms with Crippen molar-refractivity contribution in [2.75, 3.05) is 19.0 Å². The summed E-state index contributed by atoms with van der Waals surface area (Å²) in [4.78, 5) is 10.9. The van der Waals surface area contributed by atoms with Crippen LogP contribution in [0.25, 0.3) is 0 Å². The molecule has 2 rings (SSSR count). The Balaban J connectivity index is 2.08. The number of primary amides is 1. The number of halogens is 1. The quantitative estimate of drug-likeness (QED) is 0.778. The van der Waals surface area contributed by atoms with Crippen molar-refractivity contribution in [3.8, 4) is 11.5 Å². The third-order valence-electron chi connectivity index (χ3n) is 3.44. The summed E-state index contributed by atoms with van der Waals surface area (Å²) >= 11 is 0. The Hall–Kier alpha value is -2.76. The highest BCUT2D eigenvalue weighted by Crippen LogP contribution is 2.28. The van der Waals surface area contributed by atoms with Crippen molar-refractivity contribution in [1.29, 1.82) is 0 Å². The monoisotopic (exact) mass is 332 g/mol. The van der Waals surface area contributed by atoms with Crippen molar-refractivity contribution in [1.82, 2.24) is 0 Å². The Morgan fingerprint density at radius 2 is 2.04 bits per heavy atom. The van der Waals surface area contributed by atoms with E-state index in [0.717, 1.165) is 11.3 Å². The van der Waals surface area contributed by atoms with E-state index in [2.05, 4.69) is 5.32 Å². The van der Waals surface area contributed by atoms with Gasteiger partial charge >= 0.3 is 0 Å². The molecule has 1 atom stereocenters. The molecule has 0 aromatic heterocycles. The van der Waals surface area contributed by atoms with E-state index in [-0.39, 0.29) is 6.61 Å². The van der Waals surface area contributed by atoms with E-state index in [1.807, 2.05) is 18.2 Å². The van der Waals surface area contributed by atoms with Gasteiger partial charge < -0.3 is 20.5 Å². The van der Waals surface area contributed by atoms with Crippen LogP contribution in [0.2, 0.25) is 0 Å². The van der Waals surface area contributed by atoms with E-state index in [4.69, 9.17) is 15.2 Å². The highest BCUT2D eigenvalue weighted by Gasteiger charge is 2.08. The largest absolute Gasteiger partial charge is 0.493 e. The molecule has 0 aliphatic heterocycles. The van der Waals surface area contributed by atoms with Crippen LogP contribution in [-0.2, 0) is 11.3 Å². The number of hydrogen-bond donors (Lipinski definition) is 2. The van der Waals surface area contributed by atoms with Gasteiger partial charge in [0.05, 0.1) is 7.11 Å². The molecule has 0 spiro atoms. The first-order valence-electron chi connectivity index (χ1n) is 7.55. The minimum absolute atomic E-state index is 0.219. The number of amides is 1. The highest BCUT2D eigenvalue weighted by molar-refractivity contribution is 5.75. The summed E-state index contributed by atoms with van der Waals surface area (Å²) in [6.07, 6.45) is -1.01. The molecule has 0 aliphatic rings. The summed E-state index contributed by atoms with van der Waals surface area (Å²) in [6, 6.07) is 12.6. The lowest BCUT2D eigenvalue weighted by atomic mass is 10.1. The maximum absolute atomic E-state index is 13.4. The molecule has 0 saturated carbocycles. The van der Waals surface area contributed by atoms with Gasteiger partial charge in [0.25, 0.3) is 5.91 Å². The first kappa shape index (κ1) is 17.6. The molecule has 0 saturated heterocycles. The number of alkyl halides is 1. The maximum Gasteiger partial charge on any atom is 0.255 e. The lowest BCUT2D eigenvalue weighted by Crippen LogP contribution is -2.20. The number of rotatable bonds is 8. The summed E-state index contributed by atoms with van der Waals surface area (Å²) in [5, 5.41) is 3.23. The summed E-state index contributed by atoms with van der Waals surface area (Å²) in [6.45, 7) is 1.80. The second kappa shape index (κ2) is 8.19. The maximum atomic E-state index is 13.4. The number of hydrogen-bond acceptors (Lipinski definition) is 4. The predicted octanol–water partition coefficient (Wildman–Crippen LogP) is 3.20. The van der Waals surface area contributed by atoms with E-state index in [1.165, 1.54) is 14.0 Å². The fourth-order valence-corrected chi connectivity index (χ4v) is 2.19. The normalized spacial score (nSPS) is 11.6. The van der Waals surface area contributed by atoms with Crippen molar-refractivity contribution < 1.29 is 18.7 Å². The van der Waals surface area contributed by atoms with Crippen molar-refractivity contribution in [2.24, 2.45) is 5.73 Å². The van der Waals surface area contributed by atoms with Crippen LogP contribution < -0.4 is 20.5 Å². The van der Waals surface area contributed by atoms with Crippen molar-refractivity contribution in [2.45, 2.75) is 19.6 Å². The number of benzene rings is 2. The van der Waals surface area contributed by atoms with Gasteiger partial charge in [0.1, 0.15) is 6.17 Å². The molecule has 1 unspecified atom stereocenters. The van der Waals surface area contributed by atoms with Gasteiger partial charge in [-0.3, -0.25) is 4.79 Å². The molecule has 2 aromatic carbocycles. The summed E-state index contributed by atoms with van der Waals surface area (Å²) in [5.74, 6) is 0.410. The minimum atomic E-state index is -1.01. The van der Waals surface area contributed by atoms with Gasteiger partial charge in [-0.1, -0.05) is 18.2 Å². The van der Waals surface area contributed by atoms with Gasteiger partial charge in [-0.2, -0.15) is 0 Å². The standard InChI is InChI=1S/C18H21FN2O3/c1-12(19)14-4-3-5-15(9-14)21-10-13-6-7-16(23-2)17(8-13)24-11-18(20)22/h3-9,12,21H,10-11H2,1-2H3,(H2,20,22). The zero-order valence-corrected chi connectivity index (χ0v) is 13.7. The number of carbonyl (C=O) groups is 1. The molecule has 0 radical (unpaired) electrons. The van der Waals surface area contributed by atoms with Gasteiger partial charge in [-0.05, 0) is 42.3 Å². The molecule has 0 heterocycles. The topological polar surface area (TPSA) is 73.6 Å². The van der Waals surface area contributed by atoms with Crippen LogP contribution in [0.5, 0.6) is 11.5 Å². The average molecular weight is 332 g/mol. The number of nitrogens with two attached hydrogens (primary N) is 1. The highest BCUT2D eigenvalue weighted by atomic mass is 19.1. The van der Waals surface area contributed by atoms with Gasteiger partial charge in [0.15, 0.2) is 18.1 Å². The zero-order valence-electron chi connectivity index (χ0n) is 13.7. The van der Waals surface area contributed by atoms with Crippen LogP contribution in [0.15, 0.2) is 42.5 Å². The van der Waals surface area contributed by atoms with Gasteiger partial charge in [0.2, 0.25) is 0 Å². The first-order valence-corrected chi connectivity index (χ1v) is 7.55. The van der Waals surface area contributed by atoms with Crippen molar-refractivity contribution in [3.05, 3.63) is 53.6 Å². The molecule has 2 aromatic rings. The van der Waals surface area contributed by atoms with Crippen molar-refractivity contribution in [3.63, 3.8) is 0 Å². The van der Waals surface area contributed by atoms with E-state index >= 15 is 0 Å². The average Bonchev–Trinajstić information content (AvgIpc) is 2.58. The van der Waals surface area contributed by atoms with Crippen LogP contribution in [-0.4, -0.2) is 19.6 Å². The minimum Gasteiger partial charge on any atom is -0.493 e. The zero-order chi connectivity index (χ0) is 17.5. The fraction of sp³-hybridized carbons (Fsp3) is 0.278. The van der Waals surface area contributed by atoms with Crippen LogP contribution in [0.4, 0.5) is 10.1 Å². The molecule has 1 amide bonds. The number of nitrogens with one attached hydrogen (secondary N) is 1. The Kier molecular flexibility index (Phi) is 6.01. The third kappa shape index (κ3) is 4.87. The number of anilines is 1. The molecular weight excluding hydrogens is 311 g/mol. The molecule has 0 fully saturated rings. The summed E-state index contributed by atoms with van der Waals surface area (Å²) in [5.41, 5.74) is 7.47. The van der Waals surface area contributed by atoms with Gasteiger partial charge in [-0.25, -0.2) is 4.39 Å². The molecule has 0 aliphatic carbocycles. The predicted molar refractivity (Wildman–Crippen MR) is 91.0 cm³/mol. The van der Waals surface area contributed by atoms with E-state index in [1.54, 1.807) is 24.3 Å². The summed E-state index contributed by atoms with van der Waals surface area (Å²) in [7, 11) is 1.52. The SMILES string of the molecule is COc1ccc(CNc2cccc(C(C)F)c2)cc1OCC(N)=O. The van der Waals surface area contributed by atoms with Crippen LogP contribution in [0.3, 0.4) is 0 Å². The molecule has 6 heteroatoms. The lowest BCUT2D eigenvalue weighted by Gasteiger charge is -2.13. The second-order valence-corrected chi connectivity index (χ2v) is 5.34. The molecule has 0 bridgehead atoms. The van der Waals surface area contributed by atoms with E-state index in [9.17, 15) is 9.18 Å². The molecule has 5 nitrogen and oxygen atoms in total. The Labute approximate surface area is 140 Å². The third-order valence-corrected chi connectivity index (χ3v) is 3.44. The Morgan fingerprint density at radius 3 is 2.71 bits per heavy atom. The lowest BCUT2D eigenvalue weighted by molar-refractivity contribution is -0.119. The fourth-order valence-electron chi connectivity index (χ4n) is 2.19. The van der Waals surface area contributed by atoms with Crippen LogP contribution in [0, 0.1) is 0 Å². The smallest absolute Gasteiger partial charge is 0.255 e. The number of ether oxygens (including phenoxy) is 2. The summed E-state index contributed by atoms with van der Waals surface area (Å²) < 4.78 is 23.9. The van der Waals surface area contributed by atoms with Crippen LogP contribution >= 0.6 is 0 Å². The first-order chi connectivity index (χ1) is 11.5.